The van der Waals surface area contributed by atoms with Crippen molar-refractivity contribution in [2.24, 2.45) is 25.7 Å². The van der Waals surface area contributed by atoms with Crippen LogP contribution in [0.5, 0.6) is 0 Å². The minimum atomic E-state index is -0.506. The number of nitrogens with two attached hydrogens (primary N) is 1. The number of carbonyl (C=O) groups is 1. The van der Waals surface area contributed by atoms with Gasteiger partial charge in [0.2, 0.25) is 17.8 Å². The Bertz CT molecular complexity index is 1450. The fourth-order valence-electron chi connectivity index (χ4n) is 4.67. The number of carbonyl (C=O) groups excluding carboxylic acids is 1. The lowest BCUT2D eigenvalue weighted by molar-refractivity contribution is -0.123. The van der Waals surface area contributed by atoms with Crippen molar-refractivity contribution in [1.29, 1.82) is 0 Å². The third-order valence-electron chi connectivity index (χ3n) is 6.34. The summed E-state index contributed by atoms with van der Waals surface area (Å²) in [7, 11) is 3.63. The molecule has 38 heavy (non-hydrogen) atoms. The van der Waals surface area contributed by atoms with Gasteiger partial charge < -0.3 is 21.7 Å². The zero-order valence-corrected chi connectivity index (χ0v) is 22.1. The van der Waals surface area contributed by atoms with Gasteiger partial charge in [-0.2, -0.15) is 15.2 Å². The standard InChI is InChI=1S/C23H26Cl2N12O/c1-36-10-12(6-29-36)31-22-27-8-15(24)19(34-22)18-14(20(26)38)4-3-5-17(18)33-21-16(25)9-28-23(35-21)32-13-7-30-37(2)11-13/h6-11,14,17-18H,3-5H2,1-2H3,(H2,26,38)(H,27,31,34)(H2,28,32,33,35)/t14-,17+,18+/m0/s1. The third kappa shape index (κ3) is 5.63. The van der Waals surface area contributed by atoms with Crippen molar-refractivity contribution in [2.45, 2.75) is 31.2 Å². The molecule has 5 N–H and O–H groups in total. The highest BCUT2D eigenvalue weighted by molar-refractivity contribution is 6.32. The average Bonchev–Trinajstić information content (AvgIpc) is 3.49. The van der Waals surface area contributed by atoms with E-state index in [0.717, 1.165) is 12.1 Å². The van der Waals surface area contributed by atoms with Crippen LogP contribution in [-0.4, -0.2) is 51.4 Å². The molecule has 1 saturated carbocycles. The van der Waals surface area contributed by atoms with Gasteiger partial charge in [-0.05, 0) is 12.8 Å². The van der Waals surface area contributed by atoms with Gasteiger partial charge in [-0.1, -0.05) is 29.6 Å². The summed E-state index contributed by atoms with van der Waals surface area (Å²) in [6.07, 6.45) is 12.0. The Hall–Kier alpha value is -3.97. The van der Waals surface area contributed by atoms with Crippen molar-refractivity contribution in [3.63, 3.8) is 0 Å². The normalized spacial score (nSPS) is 19.2. The number of aryl methyl sites for hydroxylation is 2. The lowest BCUT2D eigenvalue weighted by Gasteiger charge is -2.37. The first-order valence-electron chi connectivity index (χ1n) is 11.9. The van der Waals surface area contributed by atoms with Crippen LogP contribution >= 0.6 is 23.2 Å². The van der Waals surface area contributed by atoms with E-state index in [2.05, 4.69) is 41.1 Å². The molecule has 0 aliphatic heterocycles. The van der Waals surface area contributed by atoms with Gasteiger partial charge >= 0.3 is 0 Å². The van der Waals surface area contributed by atoms with Gasteiger partial charge in [0.05, 0.1) is 46.9 Å². The van der Waals surface area contributed by atoms with E-state index in [1.54, 1.807) is 34.2 Å². The van der Waals surface area contributed by atoms with Gasteiger partial charge in [-0.15, -0.1) is 0 Å². The maximum absolute atomic E-state index is 12.6. The molecule has 1 amide bonds. The van der Waals surface area contributed by atoms with E-state index in [9.17, 15) is 4.79 Å². The number of hydrogen-bond donors (Lipinski definition) is 4. The van der Waals surface area contributed by atoms with Crippen LogP contribution in [0.4, 0.5) is 29.1 Å². The summed E-state index contributed by atoms with van der Waals surface area (Å²) >= 11 is 13.1. The van der Waals surface area contributed by atoms with Crippen molar-refractivity contribution in [2.75, 3.05) is 16.0 Å². The quantitative estimate of drug-likeness (QED) is 0.252. The Morgan fingerprint density at radius 3 is 2.11 bits per heavy atom. The molecule has 4 aromatic rings. The highest BCUT2D eigenvalue weighted by Crippen LogP contribution is 2.42. The Kier molecular flexibility index (Phi) is 7.29. The minimum absolute atomic E-state index is 0.293. The molecule has 0 unspecified atom stereocenters. The molecule has 0 aromatic carbocycles. The van der Waals surface area contributed by atoms with Crippen LogP contribution in [0.3, 0.4) is 0 Å². The first-order chi connectivity index (χ1) is 18.3. The summed E-state index contributed by atoms with van der Waals surface area (Å²) < 4.78 is 3.32. The summed E-state index contributed by atoms with van der Waals surface area (Å²) in [5, 5.41) is 18.6. The van der Waals surface area contributed by atoms with E-state index in [1.165, 1.54) is 12.4 Å². The maximum Gasteiger partial charge on any atom is 0.229 e. The van der Waals surface area contributed by atoms with Crippen molar-refractivity contribution in [3.05, 3.63) is 52.9 Å². The highest BCUT2D eigenvalue weighted by Gasteiger charge is 2.40. The van der Waals surface area contributed by atoms with Crippen LogP contribution < -0.4 is 21.7 Å². The lowest BCUT2D eigenvalue weighted by Crippen LogP contribution is -2.42. The smallest absolute Gasteiger partial charge is 0.229 e. The molecule has 0 spiro atoms. The van der Waals surface area contributed by atoms with Crippen molar-refractivity contribution < 1.29 is 4.79 Å². The minimum Gasteiger partial charge on any atom is -0.369 e. The van der Waals surface area contributed by atoms with Gasteiger partial charge in [-0.25, -0.2) is 15.0 Å². The molecule has 5 rings (SSSR count). The molecule has 4 heterocycles. The number of primary amides is 1. The van der Waals surface area contributed by atoms with E-state index in [0.29, 0.717) is 52.0 Å². The van der Waals surface area contributed by atoms with Crippen molar-refractivity contribution in [3.8, 4) is 0 Å². The number of hydrogen-bond acceptors (Lipinski definition) is 10. The molecule has 198 valence electrons. The molecule has 15 heteroatoms. The fourth-order valence-corrected chi connectivity index (χ4v) is 5.03. The number of anilines is 5. The van der Waals surface area contributed by atoms with Gasteiger partial charge in [0, 0.05) is 44.4 Å². The van der Waals surface area contributed by atoms with E-state index in [1.807, 2.05) is 14.1 Å². The predicted octanol–water partition coefficient (Wildman–Crippen LogP) is 3.38. The zero-order chi connectivity index (χ0) is 26.8. The molecule has 0 radical (unpaired) electrons. The first kappa shape index (κ1) is 25.7. The molecule has 0 bridgehead atoms. The van der Waals surface area contributed by atoms with Gasteiger partial charge in [0.1, 0.15) is 5.02 Å². The second-order valence-electron chi connectivity index (χ2n) is 9.09. The van der Waals surface area contributed by atoms with E-state index >= 15 is 0 Å². The van der Waals surface area contributed by atoms with Crippen LogP contribution in [0.1, 0.15) is 30.9 Å². The topological polar surface area (TPSA) is 166 Å². The highest BCUT2D eigenvalue weighted by atomic mass is 35.5. The summed E-state index contributed by atoms with van der Waals surface area (Å²) in [5.41, 5.74) is 7.81. The van der Waals surface area contributed by atoms with Crippen LogP contribution in [-0.2, 0) is 18.9 Å². The van der Waals surface area contributed by atoms with Gasteiger partial charge in [0.25, 0.3) is 0 Å². The monoisotopic (exact) mass is 556 g/mol. The molecular formula is C23H26Cl2N12O. The van der Waals surface area contributed by atoms with Crippen LogP contribution in [0.25, 0.3) is 0 Å². The molecule has 0 saturated heterocycles. The average molecular weight is 557 g/mol. The Balaban J connectivity index is 1.46. The molecular weight excluding hydrogens is 531 g/mol. The second kappa shape index (κ2) is 10.8. The van der Waals surface area contributed by atoms with Gasteiger partial charge in [-0.3, -0.25) is 14.2 Å². The Morgan fingerprint density at radius 1 is 0.921 bits per heavy atom. The van der Waals surface area contributed by atoms with E-state index < -0.39 is 17.7 Å². The van der Waals surface area contributed by atoms with Crippen molar-refractivity contribution in [1.82, 2.24) is 39.5 Å². The second-order valence-corrected chi connectivity index (χ2v) is 9.90. The number of nitrogens with zero attached hydrogens (tertiary/aromatic N) is 8. The molecule has 13 nitrogen and oxygen atoms in total. The third-order valence-corrected chi connectivity index (χ3v) is 6.91. The number of amides is 1. The number of aromatic nitrogens is 8. The fraction of sp³-hybridized carbons (Fsp3) is 0.348. The van der Waals surface area contributed by atoms with Crippen LogP contribution in [0, 0.1) is 5.92 Å². The Labute approximate surface area is 228 Å². The van der Waals surface area contributed by atoms with Crippen LogP contribution in [0.15, 0.2) is 37.2 Å². The van der Waals surface area contributed by atoms with E-state index in [-0.39, 0.29) is 6.04 Å². The largest absolute Gasteiger partial charge is 0.369 e. The number of nitrogens with one attached hydrogen (secondary N) is 3. The lowest BCUT2D eigenvalue weighted by atomic mass is 9.73. The summed E-state index contributed by atoms with van der Waals surface area (Å²) in [6, 6.07) is -0.293. The molecule has 4 aromatic heterocycles. The summed E-state index contributed by atoms with van der Waals surface area (Å²) in [6.45, 7) is 0. The Morgan fingerprint density at radius 2 is 1.53 bits per heavy atom. The number of halogens is 2. The SMILES string of the molecule is Cn1cc(Nc2ncc(Cl)c(N[C@@H]3CCC[C@H](C(N)=O)[C@H]3c3nc(Nc4cnn(C)c4)ncc3Cl)n2)cn1. The maximum atomic E-state index is 12.6. The predicted molar refractivity (Wildman–Crippen MR) is 144 cm³/mol. The summed E-state index contributed by atoms with van der Waals surface area (Å²) in [4.78, 5) is 30.4. The molecule has 1 aliphatic rings. The molecule has 1 aliphatic carbocycles. The first-order valence-corrected chi connectivity index (χ1v) is 12.6. The summed E-state index contributed by atoms with van der Waals surface area (Å²) in [5.74, 6) is -0.308. The number of rotatable bonds is 8. The zero-order valence-electron chi connectivity index (χ0n) is 20.6. The van der Waals surface area contributed by atoms with Crippen LogP contribution in [0.2, 0.25) is 10.0 Å². The van der Waals surface area contributed by atoms with Gasteiger partial charge in [0.15, 0.2) is 5.82 Å². The molecule has 3 atom stereocenters. The molecule has 1 fully saturated rings. The van der Waals surface area contributed by atoms with E-state index in [4.69, 9.17) is 33.9 Å². The van der Waals surface area contributed by atoms with Crippen molar-refractivity contribution >= 4 is 58.2 Å².